The van der Waals surface area contributed by atoms with Crippen molar-refractivity contribution in [2.24, 2.45) is 0 Å². The molecule has 1 atom stereocenters. The molecule has 1 aromatic carbocycles. The SMILES string of the molecule is C=C(C)CC(C)(O)c1ccccc1OC. The molecule has 0 heterocycles. The van der Waals surface area contributed by atoms with Crippen LogP contribution in [0, 0.1) is 0 Å². The topological polar surface area (TPSA) is 29.5 Å². The predicted molar refractivity (Wildman–Crippen MR) is 62.0 cm³/mol. The van der Waals surface area contributed by atoms with E-state index in [-0.39, 0.29) is 0 Å². The first-order chi connectivity index (χ1) is 6.97. The van der Waals surface area contributed by atoms with Crippen molar-refractivity contribution in [3.05, 3.63) is 42.0 Å². The van der Waals surface area contributed by atoms with E-state index in [0.29, 0.717) is 12.2 Å². The number of hydrogen-bond donors (Lipinski definition) is 1. The van der Waals surface area contributed by atoms with Crippen LogP contribution >= 0.6 is 0 Å². The van der Waals surface area contributed by atoms with Crippen molar-refractivity contribution in [2.75, 3.05) is 7.11 Å². The molecule has 0 radical (unpaired) electrons. The Morgan fingerprint density at radius 1 is 1.47 bits per heavy atom. The highest BCUT2D eigenvalue weighted by Gasteiger charge is 2.26. The summed E-state index contributed by atoms with van der Waals surface area (Å²) in [5, 5.41) is 10.3. The van der Waals surface area contributed by atoms with Crippen LogP contribution in [0.3, 0.4) is 0 Å². The van der Waals surface area contributed by atoms with Crippen LogP contribution in [0.2, 0.25) is 0 Å². The highest BCUT2D eigenvalue weighted by atomic mass is 16.5. The van der Waals surface area contributed by atoms with Gasteiger partial charge in [-0.2, -0.15) is 0 Å². The third kappa shape index (κ3) is 2.83. The van der Waals surface area contributed by atoms with Gasteiger partial charge < -0.3 is 9.84 Å². The van der Waals surface area contributed by atoms with E-state index in [1.54, 1.807) is 14.0 Å². The number of ether oxygens (including phenoxy) is 1. The number of benzene rings is 1. The fourth-order valence-corrected chi connectivity index (χ4v) is 1.77. The lowest BCUT2D eigenvalue weighted by Crippen LogP contribution is -2.22. The summed E-state index contributed by atoms with van der Waals surface area (Å²) in [7, 11) is 1.61. The second-order valence-corrected chi connectivity index (χ2v) is 4.11. The summed E-state index contributed by atoms with van der Waals surface area (Å²) in [6, 6.07) is 7.51. The fourth-order valence-electron chi connectivity index (χ4n) is 1.77. The van der Waals surface area contributed by atoms with Gasteiger partial charge in [0.15, 0.2) is 0 Å². The third-order valence-corrected chi connectivity index (χ3v) is 2.33. The van der Waals surface area contributed by atoms with Crippen LogP contribution < -0.4 is 4.74 Å². The first-order valence-corrected chi connectivity index (χ1v) is 4.97. The Hall–Kier alpha value is -1.28. The summed E-state index contributed by atoms with van der Waals surface area (Å²) in [5.74, 6) is 0.712. The molecule has 0 aliphatic rings. The first kappa shape index (κ1) is 11.8. The maximum atomic E-state index is 10.3. The molecule has 0 bridgehead atoms. The van der Waals surface area contributed by atoms with Gasteiger partial charge >= 0.3 is 0 Å². The van der Waals surface area contributed by atoms with E-state index in [0.717, 1.165) is 11.1 Å². The molecular formula is C13H18O2. The monoisotopic (exact) mass is 206 g/mol. The van der Waals surface area contributed by atoms with Gasteiger partial charge in [0.25, 0.3) is 0 Å². The molecule has 2 heteroatoms. The van der Waals surface area contributed by atoms with E-state index in [2.05, 4.69) is 6.58 Å². The Labute approximate surface area is 91.2 Å². The summed E-state index contributed by atoms with van der Waals surface area (Å²) in [6.07, 6.45) is 0.535. The van der Waals surface area contributed by atoms with E-state index in [1.807, 2.05) is 31.2 Å². The Morgan fingerprint density at radius 2 is 2.07 bits per heavy atom. The second kappa shape index (κ2) is 4.49. The van der Waals surface area contributed by atoms with Gasteiger partial charge in [0.05, 0.1) is 12.7 Å². The van der Waals surface area contributed by atoms with Gasteiger partial charge in [0, 0.05) is 12.0 Å². The van der Waals surface area contributed by atoms with E-state index >= 15 is 0 Å². The van der Waals surface area contributed by atoms with Crippen LogP contribution in [0.1, 0.15) is 25.8 Å². The smallest absolute Gasteiger partial charge is 0.124 e. The number of para-hydroxylation sites is 1. The minimum Gasteiger partial charge on any atom is -0.496 e. The van der Waals surface area contributed by atoms with Crippen LogP contribution in [0.25, 0.3) is 0 Å². The van der Waals surface area contributed by atoms with Gasteiger partial charge in [-0.05, 0) is 19.9 Å². The lowest BCUT2D eigenvalue weighted by atomic mass is 9.89. The zero-order valence-electron chi connectivity index (χ0n) is 9.58. The molecule has 1 rings (SSSR count). The molecule has 1 aromatic rings. The van der Waals surface area contributed by atoms with E-state index in [4.69, 9.17) is 4.74 Å². The summed E-state index contributed by atoms with van der Waals surface area (Å²) < 4.78 is 5.22. The normalized spacial score (nSPS) is 14.4. The number of methoxy groups -OCH3 is 1. The lowest BCUT2D eigenvalue weighted by Gasteiger charge is -2.25. The van der Waals surface area contributed by atoms with Gasteiger partial charge in [-0.1, -0.05) is 23.8 Å². The quantitative estimate of drug-likeness (QED) is 0.767. The van der Waals surface area contributed by atoms with Gasteiger partial charge in [0.2, 0.25) is 0 Å². The molecule has 0 aliphatic heterocycles. The summed E-state index contributed by atoms with van der Waals surface area (Å²) in [5.41, 5.74) is 0.833. The van der Waals surface area contributed by atoms with E-state index < -0.39 is 5.60 Å². The molecule has 0 fully saturated rings. The van der Waals surface area contributed by atoms with E-state index in [9.17, 15) is 5.11 Å². The molecule has 15 heavy (non-hydrogen) atoms. The molecule has 1 unspecified atom stereocenters. The Kier molecular flexibility index (Phi) is 3.53. The van der Waals surface area contributed by atoms with Crippen molar-refractivity contribution in [1.82, 2.24) is 0 Å². The number of rotatable bonds is 4. The molecule has 0 aliphatic carbocycles. The van der Waals surface area contributed by atoms with Crippen molar-refractivity contribution in [3.8, 4) is 5.75 Å². The zero-order chi connectivity index (χ0) is 11.5. The molecule has 1 N–H and O–H groups in total. The first-order valence-electron chi connectivity index (χ1n) is 4.97. The maximum absolute atomic E-state index is 10.3. The minimum atomic E-state index is -0.918. The molecule has 0 amide bonds. The molecule has 0 saturated carbocycles. The summed E-state index contributed by atoms with van der Waals surface area (Å²) >= 11 is 0. The maximum Gasteiger partial charge on any atom is 0.124 e. The van der Waals surface area contributed by atoms with Crippen molar-refractivity contribution < 1.29 is 9.84 Å². The zero-order valence-corrected chi connectivity index (χ0v) is 9.58. The predicted octanol–water partition coefficient (Wildman–Crippen LogP) is 2.87. The average Bonchev–Trinajstić information content (AvgIpc) is 2.16. The highest BCUT2D eigenvalue weighted by Crippen LogP contribution is 2.33. The van der Waals surface area contributed by atoms with Crippen LogP contribution in [-0.4, -0.2) is 12.2 Å². The second-order valence-electron chi connectivity index (χ2n) is 4.11. The van der Waals surface area contributed by atoms with Crippen molar-refractivity contribution in [1.29, 1.82) is 0 Å². The van der Waals surface area contributed by atoms with Crippen LogP contribution in [0.5, 0.6) is 5.75 Å². The van der Waals surface area contributed by atoms with Crippen LogP contribution in [-0.2, 0) is 5.60 Å². The van der Waals surface area contributed by atoms with E-state index in [1.165, 1.54) is 0 Å². The summed E-state index contributed by atoms with van der Waals surface area (Å²) in [6.45, 7) is 7.50. The fraction of sp³-hybridized carbons (Fsp3) is 0.385. The molecular weight excluding hydrogens is 188 g/mol. The average molecular weight is 206 g/mol. The van der Waals surface area contributed by atoms with Crippen molar-refractivity contribution in [2.45, 2.75) is 25.9 Å². The third-order valence-electron chi connectivity index (χ3n) is 2.33. The lowest BCUT2D eigenvalue weighted by molar-refractivity contribution is 0.0551. The Bertz CT molecular complexity index is 353. The molecule has 82 valence electrons. The van der Waals surface area contributed by atoms with Crippen molar-refractivity contribution in [3.63, 3.8) is 0 Å². The Morgan fingerprint density at radius 3 is 2.60 bits per heavy atom. The number of hydrogen-bond acceptors (Lipinski definition) is 2. The largest absolute Gasteiger partial charge is 0.496 e. The number of aliphatic hydroxyl groups is 1. The molecule has 2 nitrogen and oxygen atoms in total. The minimum absolute atomic E-state index is 0.535. The molecule has 0 spiro atoms. The Balaban J connectivity index is 3.07. The summed E-state index contributed by atoms with van der Waals surface area (Å²) in [4.78, 5) is 0. The highest BCUT2D eigenvalue weighted by molar-refractivity contribution is 5.38. The van der Waals surface area contributed by atoms with Gasteiger partial charge in [-0.15, -0.1) is 6.58 Å². The van der Waals surface area contributed by atoms with Crippen LogP contribution in [0.15, 0.2) is 36.4 Å². The van der Waals surface area contributed by atoms with Gasteiger partial charge in [-0.3, -0.25) is 0 Å². The molecule has 0 aromatic heterocycles. The van der Waals surface area contributed by atoms with Gasteiger partial charge in [-0.25, -0.2) is 0 Å². The van der Waals surface area contributed by atoms with Crippen LogP contribution in [0.4, 0.5) is 0 Å². The molecule has 0 saturated heterocycles. The van der Waals surface area contributed by atoms with Crippen molar-refractivity contribution >= 4 is 0 Å². The van der Waals surface area contributed by atoms with Gasteiger partial charge in [0.1, 0.15) is 5.75 Å². The standard InChI is InChI=1S/C13H18O2/c1-10(2)9-13(3,14)11-7-5-6-8-12(11)15-4/h5-8,14H,1,9H2,2-4H3.